The van der Waals surface area contributed by atoms with Crippen LogP contribution in [0.15, 0.2) is 47.9 Å². The van der Waals surface area contributed by atoms with Gasteiger partial charge in [-0.15, -0.1) is 0 Å². The van der Waals surface area contributed by atoms with E-state index in [-0.39, 0.29) is 17.5 Å². The molecule has 156 valence electrons. The second-order valence-corrected chi connectivity index (χ2v) is 9.43. The maximum absolute atomic E-state index is 13.7. The van der Waals surface area contributed by atoms with Crippen LogP contribution in [0.5, 0.6) is 0 Å². The van der Waals surface area contributed by atoms with Crippen LogP contribution in [-0.4, -0.2) is 72.9 Å². The first-order valence-corrected chi connectivity index (χ1v) is 11.4. The van der Waals surface area contributed by atoms with Gasteiger partial charge in [-0.05, 0) is 24.8 Å². The molecule has 8 nitrogen and oxygen atoms in total. The average Bonchev–Trinajstić information content (AvgIpc) is 3.20. The number of aromatic nitrogens is 2. The summed E-state index contributed by atoms with van der Waals surface area (Å²) in [6, 6.07) is 9.89. The summed E-state index contributed by atoms with van der Waals surface area (Å²) in [7, 11) is -3.63. The van der Waals surface area contributed by atoms with Crippen molar-refractivity contribution >= 4 is 15.9 Å². The lowest BCUT2D eigenvalue weighted by Gasteiger charge is -2.40. The van der Waals surface area contributed by atoms with Crippen molar-refractivity contribution in [1.82, 2.24) is 19.2 Å². The molecule has 0 saturated carbocycles. The molecule has 9 heteroatoms. The van der Waals surface area contributed by atoms with Crippen LogP contribution >= 0.6 is 0 Å². The summed E-state index contributed by atoms with van der Waals surface area (Å²) in [5, 5.41) is 0.0856. The number of ether oxygens (including phenoxy) is 1. The summed E-state index contributed by atoms with van der Waals surface area (Å²) in [5.41, 5.74) is 0.413. The minimum Gasteiger partial charge on any atom is -0.381 e. The molecule has 0 bridgehead atoms. The molecule has 29 heavy (non-hydrogen) atoms. The van der Waals surface area contributed by atoms with Gasteiger partial charge in [-0.1, -0.05) is 30.3 Å². The Morgan fingerprint density at radius 3 is 2.52 bits per heavy atom. The Labute approximate surface area is 170 Å². The molecule has 0 unspecified atom stereocenters. The molecule has 1 amide bonds. The predicted molar refractivity (Wildman–Crippen MR) is 107 cm³/mol. The Hall–Kier alpha value is -2.23. The van der Waals surface area contributed by atoms with Crippen LogP contribution in [0.3, 0.4) is 0 Å². The number of H-pyrrole nitrogens is 1. The molecule has 4 rings (SSSR count). The monoisotopic (exact) mass is 418 g/mol. The van der Waals surface area contributed by atoms with E-state index in [2.05, 4.69) is 9.97 Å². The summed E-state index contributed by atoms with van der Waals surface area (Å²) in [5.74, 6) is 0.0767. The minimum absolute atomic E-state index is 0.0767. The number of sulfonamides is 1. The third kappa shape index (κ3) is 3.82. The van der Waals surface area contributed by atoms with Crippen LogP contribution in [0.4, 0.5) is 0 Å². The summed E-state index contributed by atoms with van der Waals surface area (Å²) in [6.07, 6.45) is 4.55. The van der Waals surface area contributed by atoms with Crippen LogP contribution in [-0.2, 0) is 25.0 Å². The summed E-state index contributed by atoms with van der Waals surface area (Å²) >= 11 is 0. The molecular formula is C20H26N4O4S. The van der Waals surface area contributed by atoms with Gasteiger partial charge in [-0.25, -0.2) is 13.4 Å². The van der Waals surface area contributed by atoms with E-state index in [0.717, 1.165) is 5.56 Å². The zero-order valence-corrected chi connectivity index (χ0v) is 17.1. The number of carbonyl (C=O) groups is 1. The number of nitrogens with one attached hydrogen (secondary N) is 1. The topological polar surface area (TPSA) is 95.6 Å². The van der Waals surface area contributed by atoms with Crippen molar-refractivity contribution in [2.75, 3.05) is 39.4 Å². The third-order valence-electron chi connectivity index (χ3n) is 5.92. The molecule has 1 N–H and O–H groups in total. The molecule has 2 aromatic rings. The van der Waals surface area contributed by atoms with E-state index in [4.69, 9.17) is 4.74 Å². The first-order chi connectivity index (χ1) is 14.0. The second kappa shape index (κ2) is 8.25. The van der Waals surface area contributed by atoms with Crippen molar-refractivity contribution in [3.05, 3.63) is 48.4 Å². The number of hydrogen-bond donors (Lipinski definition) is 1. The number of amides is 1. The maximum atomic E-state index is 13.7. The third-order valence-corrected chi connectivity index (χ3v) is 7.74. The molecule has 3 heterocycles. The van der Waals surface area contributed by atoms with Crippen molar-refractivity contribution in [1.29, 1.82) is 0 Å². The molecule has 1 aromatic heterocycles. The fraction of sp³-hybridized carbons (Fsp3) is 0.500. The maximum Gasteiger partial charge on any atom is 0.260 e. The lowest BCUT2D eigenvalue weighted by molar-refractivity contribution is -0.141. The number of aromatic amines is 1. The second-order valence-electron chi connectivity index (χ2n) is 7.53. The smallest absolute Gasteiger partial charge is 0.260 e. The molecule has 0 aliphatic carbocycles. The van der Waals surface area contributed by atoms with Gasteiger partial charge in [0.05, 0.1) is 17.9 Å². The Kier molecular flexibility index (Phi) is 5.71. The zero-order chi connectivity index (χ0) is 20.3. The number of nitrogens with zero attached hydrogens (tertiary/aromatic N) is 3. The lowest BCUT2D eigenvalue weighted by atomic mass is 9.73. The van der Waals surface area contributed by atoms with Crippen molar-refractivity contribution in [2.24, 2.45) is 0 Å². The first kappa shape index (κ1) is 20.1. The molecule has 2 aliphatic heterocycles. The van der Waals surface area contributed by atoms with Crippen molar-refractivity contribution in [2.45, 2.75) is 29.7 Å². The summed E-state index contributed by atoms with van der Waals surface area (Å²) < 4.78 is 32.6. The van der Waals surface area contributed by atoms with Gasteiger partial charge in [0.2, 0.25) is 5.91 Å². The molecule has 0 atom stereocenters. The first-order valence-electron chi connectivity index (χ1n) is 9.95. The predicted octanol–water partition coefficient (Wildman–Crippen LogP) is 1.38. The lowest BCUT2D eigenvalue weighted by Crippen LogP contribution is -2.51. The molecule has 1 aromatic carbocycles. The quantitative estimate of drug-likeness (QED) is 0.809. The Bertz CT molecular complexity index is 925. The fourth-order valence-electron chi connectivity index (χ4n) is 4.27. The number of hydrogen-bond acceptors (Lipinski definition) is 5. The minimum atomic E-state index is -3.63. The van der Waals surface area contributed by atoms with Gasteiger partial charge in [-0.3, -0.25) is 4.79 Å². The van der Waals surface area contributed by atoms with E-state index in [1.807, 2.05) is 35.2 Å². The van der Waals surface area contributed by atoms with Gasteiger partial charge in [0.1, 0.15) is 0 Å². The largest absolute Gasteiger partial charge is 0.381 e. The van der Waals surface area contributed by atoms with Crippen LogP contribution in [0.2, 0.25) is 0 Å². The Balaban J connectivity index is 1.54. The highest BCUT2D eigenvalue weighted by molar-refractivity contribution is 7.89. The fourth-order valence-corrected chi connectivity index (χ4v) is 5.63. The SMILES string of the molecule is O=C(N1CCCN(S(=O)(=O)c2cnc[nH]2)CC1)C1(c2ccccc2)CCOCC1. The Morgan fingerprint density at radius 2 is 1.83 bits per heavy atom. The summed E-state index contributed by atoms with van der Waals surface area (Å²) in [6.45, 7) is 2.68. The van der Waals surface area contributed by atoms with E-state index >= 15 is 0 Å². The van der Waals surface area contributed by atoms with Crippen LogP contribution in [0, 0.1) is 0 Å². The van der Waals surface area contributed by atoms with Gasteiger partial charge >= 0.3 is 0 Å². The van der Waals surface area contributed by atoms with Crippen molar-refractivity contribution < 1.29 is 17.9 Å². The average molecular weight is 419 g/mol. The molecule has 2 aliphatic rings. The van der Waals surface area contributed by atoms with Crippen LogP contribution in [0.1, 0.15) is 24.8 Å². The number of rotatable bonds is 4. The highest BCUT2D eigenvalue weighted by Crippen LogP contribution is 2.37. The van der Waals surface area contributed by atoms with Gasteiger partial charge in [-0.2, -0.15) is 4.31 Å². The zero-order valence-electron chi connectivity index (χ0n) is 16.3. The molecule has 2 fully saturated rings. The molecule has 0 radical (unpaired) electrons. The molecular weight excluding hydrogens is 392 g/mol. The molecule has 2 saturated heterocycles. The van der Waals surface area contributed by atoms with E-state index in [0.29, 0.717) is 52.1 Å². The van der Waals surface area contributed by atoms with Crippen molar-refractivity contribution in [3.63, 3.8) is 0 Å². The Morgan fingerprint density at radius 1 is 1.07 bits per heavy atom. The highest BCUT2D eigenvalue weighted by atomic mass is 32.2. The van der Waals surface area contributed by atoms with E-state index in [1.165, 1.54) is 16.8 Å². The van der Waals surface area contributed by atoms with Crippen LogP contribution in [0.25, 0.3) is 0 Å². The summed E-state index contributed by atoms with van der Waals surface area (Å²) in [4.78, 5) is 22.0. The standard InChI is InChI=1S/C20H26N4O4S/c25-19(20(7-13-28-14-8-20)17-5-2-1-3-6-17)23-9-4-10-24(12-11-23)29(26,27)18-15-21-16-22-18/h1-3,5-6,15-16H,4,7-14H2,(H,21,22). The van der Waals surface area contributed by atoms with E-state index in [9.17, 15) is 13.2 Å². The number of carbonyl (C=O) groups excluding carboxylic acids is 1. The van der Waals surface area contributed by atoms with E-state index in [1.54, 1.807) is 0 Å². The molecule has 0 spiro atoms. The van der Waals surface area contributed by atoms with Crippen molar-refractivity contribution in [3.8, 4) is 0 Å². The number of imidazole rings is 1. The highest BCUT2D eigenvalue weighted by Gasteiger charge is 2.44. The van der Waals surface area contributed by atoms with Gasteiger partial charge in [0.25, 0.3) is 10.0 Å². The number of benzene rings is 1. The van der Waals surface area contributed by atoms with Gasteiger partial charge < -0.3 is 14.6 Å². The van der Waals surface area contributed by atoms with E-state index < -0.39 is 15.4 Å². The van der Waals surface area contributed by atoms with Gasteiger partial charge in [0, 0.05) is 39.4 Å². The van der Waals surface area contributed by atoms with Gasteiger partial charge in [0.15, 0.2) is 5.03 Å². The normalized spacial score (nSPS) is 20.9. The van der Waals surface area contributed by atoms with Crippen LogP contribution < -0.4 is 0 Å².